The van der Waals surface area contributed by atoms with Crippen LogP contribution in [0.15, 0.2) is 48.5 Å². The molecule has 2 aromatic carbocycles. The van der Waals surface area contributed by atoms with Crippen LogP contribution in [0.25, 0.3) is 11.0 Å². The maximum absolute atomic E-state index is 12.3. The summed E-state index contributed by atoms with van der Waals surface area (Å²) in [7, 11) is 0. The smallest absolute Gasteiger partial charge is 0.225 e. The van der Waals surface area contributed by atoms with E-state index in [1.807, 2.05) is 63.2 Å². The van der Waals surface area contributed by atoms with Crippen LogP contribution in [0.3, 0.4) is 0 Å². The average Bonchev–Trinajstić information content (AvgIpc) is 3.04. The lowest BCUT2D eigenvalue weighted by molar-refractivity contribution is -0.128. The van der Waals surface area contributed by atoms with Crippen LogP contribution < -0.4 is 10.1 Å². The van der Waals surface area contributed by atoms with Gasteiger partial charge < -0.3 is 14.6 Å². The number of fused-ring (bicyclic) bond motifs is 1. The molecule has 1 N–H and O–H groups in total. The predicted octanol–water partition coefficient (Wildman–Crippen LogP) is 5.21. The summed E-state index contributed by atoms with van der Waals surface area (Å²) >= 11 is 6.12. The van der Waals surface area contributed by atoms with Gasteiger partial charge in [0.15, 0.2) is 0 Å². The van der Waals surface area contributed by atoms with Crippen LogP contribution in [-0.2, 0) is 17.9 Å². The van der Waals surface area contributed by atoms with Crippen molar-refractivity contribution in [2.45, 2.75) is 46.7 Å². The van der Waals surface area contributed by atoms with Gasteiger partial charge in [0.2, 0.25) is 5.91 Å². The van der Waals surface area contributed by atoms with E-state index in [0.29, 0.717) is 23.9 Å². The molecule has 0 fully saturated rings. The van der Waals surface area contributed by atoms with Gasteiger partial charge in [-0.3, -0.25) is 4.79 Å². The van der Waals surface area contributed by atoms with Gasteiger partial charge in [0.25, 0.3) is 0 Å². The van der Waals surface area contributed by atoms with Crippen LogP contribution in [-0.4, -0.2) is 22.1 Å². The fourth-order valence-electron chi connectivity index (χ4n) is 3.05. The molecule has 1 amide bonds. The lowest BCUT2D eigenvalue weighted by Gasteiger charge is -2.18. The van der Waals surface area contributed by atoms with Crippen molar-refractivity contribution < 1.29 is 9.53 Å². The molecule has 0 saturated carbocycles. The molecular formula is C23H28ClN3O2. The predicted molar refractivity (Wildman–Crippen MR) is 117 cm³/mol. The summed E-state index contributed by atoms with van der Waals surface area (Å²) in [6.07, 6.45) is 1.83. The van der Waals surface area contributed by atoms with Crippen LogP contribution >= 0.6 is 11.6 Å². The second-order valence-electron chi connectivity index (χ2n) is 8.09. The highest BCUT2D eigenvalue weighted by Gasteiger charge is 2.21. The molecule has 3 rings (SSSR count). The number of nitrogens with zero attached hydrogens (tertiary/aromatic N) is 2. The third-order valence-corrected chi connectivity index (χ3v) is 5.00. The number of halogens is 1. The zero-order chi connectivity index (χ0) is 20.9. The minimum Gasteiger partial charge on any atom is -0.492 e. The van der Waals surface area contributed by atoms with Crippen LogP contribution in [0, 0.1) is 5.41 Å². The first-order valence-electron chi connectivity index (χ1n) is 9.96. The van der Waals surface area contributed by atoms with Crippen molar-refractivity contribution in [3.05, 3.63) is 59.4 Å². The summed E-state index contributed by atoms with van der Waals surface area (Å²) in [5, 5.41) is 3.64. The van der Waals surface area contributed by atoms with Gasteiger partial charge in [0.1, 0.15) is 11.6 Å². The second-order valence-corrected chi connectivity index (χ2v) is 8.49. The highest BCUT2D eigenvalue weighted by atomic mass is 35.5. The Morgan fingerprint density at radius 2 is 1.83 bits per heavy atom. The molecular weight excluding hydrogens is 386 g/mol. The number of aromatic nitrogens is 2. The van der Waals surface area contributed by atoms with E-state index in [4.69, 9.17) is 21.3 Å². The third-order valence-electron chi connectivity index (χ3n) is 4.69. The molecule has 0 aliphatic rings. The summed E-state index contributed by atoms with van der Waals surface area (Å²) in [6, 6.07) is 15.6. The maximum Gasteiger partial charge on any atom is 0.225 e. The molecule has 0 spiro atoms. The minimum absolute atomic E-state index is 0.0178. The number of rotatable bonds is 8. The number of amides is 1. The fraction of sp³-hybridized carbons (Fsp3) is 0.391. The summed E-state index contributed by atoms with van der Waals surface area (Å²) in [5.74, 6) is 1.60. The van der Waals surface area contributed by atoms with Gasteiger partial charge in [0.05, 0.1) is 29.2 Å². The molecule has 1 aromatic heterocycles. The fourth-order valence-corrected chi connectivity index (χ4v) is 3.24. The number of carbonyl (C=O) groups excluding carboxylic acids is 1. The Morgan fingerprint density at radius 1 is 1.10 bits per heavy atom. The van der Waals surface area contributed by atoms with E-state index in [1.165, 1.54) is 0 Å². The number of carbonyl (C=O) groups is 1. The van der Waals surface area contributed by atoms with Gasteiger partial charge in [-0.1, -0.05) is 56.6 Å². The number of hydrogen-bond donors (Lipinski definition) is 1. The SMILES string of the molecule is CC(C)(C)C(=O)NCc1nc2ccccc2n1CCCCOc1ccccc1Cl. The standard InChI is InChI=1S/C23H28ClN3O2/c1-23(2,3)22(28)25-16-21-26-18-11-5-6-12-19(18)27(21)14-8-9-15-29-20-13-7-4-10-17(20)24/h4-7,10-13H,8-9,14-16H2,1-3H3,(H,25,28). The van der Waals surface area contributed by atoms with Crippen molar-refractivity contribution in [3.63, 3.8) is 0 Å². The Labute approximate surface area is 177 Å². The zero-order valence-electron chi connectivity index (χ0n) is 17.2. The minimum atomic E-state index is -0.424. The van der Waals surface area contributed by atoms with Gasteiger partial charge in [-0.2, -0.15) is 0 Å². The van der Waals surface area contributed by atoms with E-state index in [2.05, 4.69) is 16.0 Å². The van der Waals surface area contributed by atoms with Gasteiger partial charge >= 0.3 is 0 Å². The van der Waals surface area contributed by atoms with E-state index in [0.717, 1.165) is 36.2 Å². The van der Waals surface area contributed by atoms with E-state index >= 15 is 0 Å². The quantitative estimate of drug-likeness (QED) is 0.515. The number of hydrogen-bond acceptors (Lipinski definition) is 3. The highest BCUT2D eigenvalue weighted by Crippen LogP contribution is 2.23. The molecule has 29 heavy (non-hydrogen) atoms. The van der Waals surface area contributed by atoms with Gasteiger partial charge in [-0.15, -0.1) is 0 Å². The number of para-hydroxylation sites is 3. The average molecular weight is 414 g/mol. The molecule has 0 aliphatic heterocycles. The summed E-state index contributed by atoms with van der Waals surface area (Å²) in [4.78, 5) is 17.0. The molecule has 0 atom stereocenters. The van der Waals surface area contributed by atoms with E-state index in [9.17, 15) is 4.79 Å². The molecule has 6 heteroatoms. The number of imidazole rings is 1. The molecule has 3 aromatic rings. The number of unbranched alkanes of at least 4 members (excludes halogenated alkanes) is 1. The molecule has 1 heterocycles. The summed E-state index contributed by atoms with van der Waals surface area (Å²) < 4.78 is 7.96. The number of aryl methyl sites for hydroxylation is 1. The first-order valence-corrected chi connectivity index (χ1v) is 10.3. The lowest BCUT2D eigenvalue weighted by atomic mass is 9.96. The molecule has 0 radical (unpaired) electrons. The molecule has 0 saturated heterocycles. The van der Waals surface area contributed by atoms with Crippen molar-refractivity contribution >= 4 is 28.5 Å². The van der Waals surface area contributed by atoms with Crippen LogP contribution in [0.4, 0.5) is 0 Å². The third kappa shape index (κ3) is 5.51. The van der Waals surface area contributed by atoms with Crippen molar-refractivity contribution in [1.29, 1.82) is 0 Å². The molecule has 0 bridgehead atoms. The maximum atomic E-state index is 12.3. The Balaban J connectivity index is 1.61. The highest BCUT2D eigenvalue weighted by molar-refractivity contribution is 6.32. The zero-order valence-corrected chi connectivity index (χ0v) is 18.0. The topological polar surface area (TPSA) is 56.2 Å². The number of nitrogens with one attached hydrogen (secondary N) is 1. The first-order chi connectivity index (χ1) is 13.9. The Bertz CT molecular complexity index is 976. The molecule has 0 aliphatic carbocycles. The normalized spacial score (nSPS) is 11.6. The van der Waals surface area contributed by atoms with E-state index in [-0.39, 0.29) is 5.91 Å². The Morgan fingerprint density at radius 3 is 2.59 bits per heavy atom. The van der Waals surface area contributed by atoms with Crippen LogP contribution in [0.5, 0.6) is 5.75 Å². The molecule has 5 nitrogen and oxygen atoms in total. The van der Waals surface area contributed by atoms with E-state index in [1.54, 1.807) is 0 Å². The number of benzene rings is 2. The monoisotopic (exact) mass is 413 g/mol. The van der Waals surface area contributed by atoms with Crippen molar-refractivity contribution in [2.75, 3.05) is 6.61 Å². The lowest BCUT2D eigenvalue weighted by Crippen LogP contribution is -2.35. The van der Waals surface area contributed by atoms with Crippen molar-refractivity contribution in [1.82, 2.24) is 14.9 Å². The second kappa shape index (κ2) is 9.31. The first kappa shape index (κ1) is 21.2. The van der Waals surface area contributed by atoms with Crippen molar-refractivity contribution in [3.8, 4) is 5.75 Å². The van der Waals surface area contributed by atoms with Crippen LogP contribution in [0.1, 0.15) is 39.4 Å². The Hall–Kier alpha value is -2.53. The molecule has 154 valence electrons. The summed E-state index contributed by atoms with van der Waals surface area (Å²) in [6.45, 7) is 7.55. The molecule has 0 unspecified atom stereocenters. The number of ether oxygens (including phenoxy) is 1. The summed E-state index contributed by atoms with van der Waals surface area (Å²) in [5.41, 5.74) is 1.60. The van der Waals surface area contributed by atoms with Gasteiger partial charge in [-0.25, -0.2) is 4.98 Å². The van der Waals surface area contributed by atoms with Crippen LogP contribution in [0.2, 0.25) is 5.02 Å². The van der Waals surface area contributed by atoms with E-state index < -0.39 is 5.41 Å². The Kier molecular flexibility index (Phi) is 6.80. The van der Waals surface area contributed by atoms with Gasteiger partial charge in [-0.05, 0) is 37.1 Å². The largest absolute Gasteiger partial charge is 0.492 e. The van der Waals surface area contributed by atoms with Gasteiger partial charge in [0, 0.05) is 12.0 Å². The van der Waals surface area contributed by atoms with Crippen molar-refractivity contribution in [2.24, 2.45) is 5.41 Å².